The highest BCUT2D eigenvalue weighted by atomic mass is 32.2. The van der Waals surface area contributed by atoms with E-state index < -0.39 is 10.0 Å². The summed E-state index contributed by atoms with van der Waals surface area (Å²) in [5.41, 5.74) is 2.46. The van der Waals surface area contributed by atoms with E-state index >= 15 is 0 Å². The van der Waals surface area contributed by atoms with Crippen molar-refractivity contribution in [3.05, 3.63) is 70.0 Å². The van der Waals surface area contributed by atoms with Gasteiger partial charge < -0.3 is 9.88 Å². The Hall–Kier alpha value is -2.97. The number of likely N-dealkylation sites (N-methyl/N-ethyl adjacent to an activating group) is 1. The zero-order valence-electron chi connectivity index (χ0n) is 15.2. The standard InChI is InChI=1S/C20H19N3O4S/c1-23-18-7-6-16(11-15(18)12-19(23)24)28(26,27)21-9-8-14-10-13-4-2-3-5-17(13)22-20(14)25/h2-7,10-11,21H,8-9,12H2,1H3,(H,22,25). The zero-order chi connectivity index (χ0) is 19.9. The van der Waals surface area contributed by atoms with Crippen LogP contribution in [0.1, 0.15) is 11.1 Å². The van der Waals surface area contributed by atoms with Crippen LogP contribution in [0.5, 0.6) is 0 Å². The number of anilines is 1. The number of carbonyl (C=O) groups is 1. The number of aromatic nitrogens is 1. The summed E-state index contributed by atoms with van der Waals surface area (Å²) >= 11 is 0. The number of amides is 1. The zero-order valence-corrected chi connectivity index (χ0v) is 16.0. The molecule has 28 heavy (non-hydrogen) atoms. The molecule has 1 aliphatic heterocycles. The summed E-state index contributed by atoms with van der Waals surface area (Å²) in [6.45, 7) is 0.0969. The maximum absolute atomic E-state index is 12.6. The molecule has 4 rings (SSSR count). The van der Waals surface area contributed by atoms with Crippen LogP contribution in [0, 0.1) is 0 Å². The van der Waals surface area contributed by atoms with Crippen LogP contribution < -0.4 is 15.2 Å². The minimum Gasteiger partial charge on any atom is -0.322 e. The largest absolute Gasteiger partial charge is 0.322 e. The molecule has 7 nitrogen and oxygen atoms in total. The van der Waals surface area contributed by atoms with Gasteiger partial charge in [-0.2, -0.15) is 0 Å². The van der Waals surface area contributed by atoms with Crippen molar-refractivity contribution in [2.45, 2.75) is 17.7 Å². The number of carbonyl (C=O) groups excluding carboxylic acids is 1. The number of hydrogen-bond acceptors (Lipinski definition) is 4. The predicted molar refractivity (Wildman–Crippen MR) is 107 cm³/mol. The molecule has 0 saturated heterocycles. The Bertz CT molecular complexity index is 1250. The lowest BCUT2D eigenvalue weighted by Gasteiger charge is -2.11. The number of fused-ring (bicyclic) bond motifs is 2. The third kappa shape index (κ3) is 3.32. The molecular formula is C20H19N3O4S. The lowest BCUT2D eigenvalue weighted by atomic mass is 10.1. The van der Waals surface area contributed by atoms with Gasteiger partial charge in [0.1, 0.15) is 0 Å². The summed E-state index contributed by atoms with van der Waals surface area (Å²) in [7, 11) is -2.07. The fourth-order valence-corrected chi connectivity index (χ4v) is 4.48. The van der Waals surface area contributed by atoms with E-state index in [9.17, 15) is 18.0 Å². The number of sulfonamides is 1. The van der Waals surface area contributed by atoms with Gasteiger partial charge in [-0.15, -0.1) is 0 Å². The molecule has 0 radical (unpaired) electrons. The lowest BCUT2D eigenvalue weighted by Crippen LogP contribution is -2.27. The predicted octanol–water partition coefficient (Wildman–Crippen LogP) is 1.57. The number of benzene rings is 2. The normalized spacial score (nSPS) is 13.9. The highest BCUT2D eigenvalue weighted by molar-refractivity contribution is 7.89. The van der Waals surface area contributed by atoms with Crippen LogP contribution in [0.2, 0.25) is 0 Å². The van der Waals surface area contributed by atoms with Crippen molar-refractivity contribution >= 4 is 32.5 Å². The van der Waals surface area contributed by atoms with Crippen LogP contribution in [-0.2, 0) is 27.7 Å². The van der Waals surface area contributed by atoms with Gasteiger partial charge in [0.05, 0.1) is 11.3 Å². The fourth-order valence-electron chi connectivity index (χ4n) is 3.40. The molecule has 0 fully saturated rings. The minimum atomic E-state index is -3.73. The number of hydrogen-bond donors (Lipinski definition) is 2. The monoisotopic (exact) mass is 397 g/mol. The molecule has 0 unspecified atom stereocenters. The quantitative estimate of drug-likeness (QED) is 0.683. The van der Waals surface area contributed by atoms with Gasteiger partial charge in [0.25, 0.3) is 5.56 Å². The summed E-state index contributed by atoms with van der Waals surface area (Å²) in [6, 6.07) is 13.9. The lowest BCUT2D eigenvalue weighted by molar-refractivity contribution is -0.117. The van der Waals surface area contributed by atoms with Crippen LogP contribution in [0.15, 0.2) is 58.2 Å². The Balaban J connectivity index is 1.49. The molecule has 0 bridgehead atoms. The highest BCUT2D eigenvalue weighted by Crippen LogP contribution is 2.29. The molecular weight excluding hydrogens is 378 g/mol. The SMILES string of the molecule is CN1C(=O)Cc2cc(S(=O)(=O)NCCc3cc4ccccc4[nH]c3=O)ccc21. The molecule has 0 aliphatic carbocycles. The van der Waals surface area contributed by atoms with E-state index in [4.69, 9.17) is 0 Å². The second kappa shape index (κ2) is 6.88. The van der Waals surface area contributed by atoms with Gasteiger partial charge in [-0.05, 0) is 47.7 Å². The average molecular weight is 397 g/mol. The molecule has 2 aromatic carbocycles. The topological polar surface area (TPSA) is 99.3 Å². The van der Waals surface area contributed by atoms with Crippen molar-refractivity contribution in [1.29, 1.82) is 0 Å². The van der Waals surface area contributed by atoms with Crippen LogP contribution in [0.25, 0.3) is 10.9 Å². The van der Waals surface area contributed by atoms with Crippen molar-refractivity contribution in [2.24, 2.45) is 0 Å². The summed E-state index contributed by atoms with van der Waals surface area (Å²) in [4.78, 5) is 28.4. The first-order chi connectivity index (χ1) is 13.3. The Morgan fingerprint density at radius 3 is 2.71 bits per heavy atom. The Morgan fingerprint density at radius 1 is 1.11 bits per heavy atom. The third-order valence-corrected chi connectivity index (χ3v) is 6.41. The Morgan fingerprint density at radius 2 is 1.89 bits per heavy atom. The minimum absolute atomic E-state index is 0.0620. The number of rotatable bonds is 5. The molecule has 2 N–H and O–H groups in total. The van der Waals surface area contributed by atoms with Crippen molar-refractivity contribution in [3.8, 4) is 0 Å². The first-order valence-electron chi connectivity index (χ1n) is 8.85. The molecule has 0 atom stereocenters. The number of para-hydroxylation sites is 1. The first kappa shape index (κ1) is 18.4. The first-order valence-corrected chi connectivity index (χ1v) is 10.3. The van der Waals surface area contributed by atoms with E-state index in [1.807, 2.05) is 24.3 Å². The molecule has 0 saturated carbocycles. The smallest absolute Gasteiger partial charge is 0.251 e. The molecule has 2 heterocycles. The van der Waals surface area contributed by atoms with Gasteiger partial charge in [-0.25, -0.2) is 13.1 Å². The van der Waals surface area contributed by atoms with Crippen molar-refractivity contribution in [1.82, 2.24) is 9.71 Å². The van der Waals surface area contributed by atoms with E-state index in [1.165, 1.54) is 17.0 Å². The highest BCUT2D eigenvalue weighted by Gasteiger charge is 2.26. The number of H-pyrrole nitrogens is 1. The number of nitrogens with zero attached hydrogens (tertiary/aromatic N) is 1. The van der Waals surface area contributed by atoms with Crippen LogP contribution >= 0.6 is 0 Å². The second-order valence-electron chi connectivity index (χ2n) is 6.78. The average Bonchev–Trinajstić information content (AvgIpc) is 2.95. The number of aromatic amines is 1. The van der Waals surface area contributed by atoms with Crippen LogP contribution in [0.4, 0.5) is 5.69 Å². The van der Waals surface area contributed by atoms with Gasteiger partial charge >= 0.3 is 0 Å². The maximum Gasteiger partial charge on any atom is 0.251 e. The summed E-state index contributed by atoms with van der Waals surface area (Å²) in [5.74, 6) is -0.0620. The molecule has 0 spiro atoms. The van der Waals surface area contributed by atoms with Gasteiger partial charge in [-0.3, -0.25) is 9.59 Å². The van der Waals surface area contributed by atoms with E-state index in [0.717, 1.165) is 16.6 Å². The second-order valence-corrected chi connectivity index (χ2v) is 8.55. The van der Waals surface area contributed by atoms with Crippen molar-refractivity contribution in [3.63, 3.8) is 0 Å². The Labute approximate surface area is 162 Å². The van der Waals surface area contributed by atoms with Gasteiger partial charge in [-0.1, -0.05) is 18.2 Å². The van der Waals surface area contributed by atoms with E-state index in [2.05, 4.69) is 9.71 Å². The van der Waals surface area contributed by atoms with Crippen LogP contribution in [0.3, 0.4) is 0 Å². The Kier molecular flexibility index (Phi) is 4.52. The van der Waals surface area contributed by atoms with Crippen LogP contribution in [-0.4, -0.2) is 32.9 Å². The van der Waals surface area contributed by atoms with Gasteiger partial charge in [0.2, 0.25) is 15.9 Å². The molecule has 144 valence electrons. The molecule has 1 aliphatic rings. The molecule has 8 heteroatoms. The van der Waals surface area contributed by atoms with E-state index in [-0.39, 0.29) is 35.7 Å². The molecule has 3 aromatic rings. The number of nitrogens with one attached hydrogen (secondary N) is 2. The van der Waals surface area contributed by atoms with Crippen molar-refractivity contribution in [2.75, 3.05) is 18.5 Å². The fraction of sp³-hybridized carbons (Fsp3) is 0.200. The molecule has 1 amide bonds. The van der Waals surface area contributed by atoms with E-state index in [0.29, 0.717) is 11.1 Å². The van der Waals surface area contributed by atoms with Crippen molar-refractivity contribution < 1.29 is 13.2 Å². The summed E-state index contributed by atoms with van der Waals surface area (Å²) in [6.07, 6.45) is 0.465. The summed E-state index contributed by atoms with van der Waals surface area (Å²) < 4.78 is 27.7. The molecule has 1 aromatic heterocycles. The van der Waals surface area contributed by atoms with Gasteiger partial charge in [0, 0.05) is 30.4 Å². The third-order valence-electron chi connectivity index (χ3n) is 4.96. The van der Waals surface area contributed by atoms with Gasteiger partial charge in [0.15, 0.2) is 0 Å². The summed E-state index contributed by atoms with van der Waals surface area (Å²) in [5, 5.41) is 0.896. The number of pyridine rings is 1. The van der Waals surface area contributed by atoms with E-state index in [1.54, 1.807) is 19.2 Å². The maximum atomic E-state index is 12.6.